The van der Waals surface area contributed by atoms with Crippen molar-refractivity contribution in [3.8, 4) is 0 Å². The van der Waals surface area contributed by atoms with E-state index >= 15 is 0 Å². The molecule has 2 aromatic rings. The Hall–Kier alpha value is -2.77. The van der Waals surface area contributed by atoms with Gasteiger partial charge < -0.3 is 10.2 Å². The number of hydrogen-bond acceptors (Lipinski definition) is 6. The van der Waals surface area contributed by atoms with Crippen LogP contribution in [0.15, 0.2) is 23.4 Å². The average molecular weight is 328 g/mol. The number of hydrogen-bond donors (Lipinski definition) is 2. The van der Waals surface area contributed by atoms with Gasteiger partial charge in [0, 0.05) is 42.8 Å². The van der Waals surface area contributed by atoms with Gasteiger partial charge in [-0.1, -0.05) is 0 Å². The Morgan fingerprint density at radius 2 is 2.21 bits per heavy atom. The van der Waals surface area contributed by atoms with Crippen LogP contribution in [0.2, 0.25) is 0 Å². The summed E-state index contributed by atoms with van der Waals surface area (Å²) in [5.41, 5.74) is 1.53. The number of amides is 1. The predicted molar refractivity (Wildman–Crippen MR) is 89.1 cm³/mol. The standard InChI is InChI=1S/C16H20N6O2/c1-10-11(2)19-16(21-14(10)23)22-7-3-4-12(9-22)20-15(24)13-8-17-5-6-18-13/h5-6,8,12H,3-4,7,9H2,1-2H3,(H,20,24)(H,19,21,23). The third kappa shape index (κ3) is 3.42. The molecule has 1 aliphatic rings. The fourth-order valence-electron chi connectivity index (χ4n) is 2.74. The summed E-state index contributed by atoms with van der Waals surface area (Å²) in [4.78, 5) is 41.3. The van der Waals surface area contributed by atoms with Gasteiger partial charge in [0.25, 0.3) is 11.5 Å². The van der Waals surface area contributed by atoms with Crippen LogP contribution in [0.4, 0.5) is 5.95 Å². The lowest BCUT2D eigenvalue weighted by atomic mass is 10.1. The molecule has 0 bridgehead atoms. The van der Waals surface area contributed by atoms with Gasteiger partial charge in [0.15, 0.2) is 0 Å². The number of aryl methyl sites for hydroxylation is 1. The molecule has 3 rings (SSSR count). The molecule has 1 aliphatic heterocycles. The lowest BCUT2D eigenvalue weighted by Gasteiger charge is -2.33. The molecular weight excluding hydrogens is 308 g/mol. The average Bonchev–Trinajstić information content (AvgIpc) is 2.60. The summed E-state index contributed by atoms with van der Waals surface area (Å²) in [6, 6.07) is -0.0276. The quantitative estimate of drug-likeness (QED) is 0.854. The van der Waals surface area contributed by atoms with E-state index in [4.69, 9.17) is 0 Å². The maximum atomic E-state index is 12.2. The van der Waals surface area contributed by atoms with Crippen LogP contribution in [0.1, 0.15) is 34.6 Å². The van der Waals surface area contributed by atoms with Gasteiger partial charge in [0.1, 0.15) is 5.69 Å². The summed E-state index contributed by atoms with van der Waals surface area (Å²) in [6.07, 6.45) is 6.24. The molecule has 1 saturated heterocycles. The first-order valence-electron chi connectivity index (χ1n) is 7.94. The number of aromatic amines is 1. The van der Waals surface area contributed by atoms with Crippen molar-refractivity contribution in [1.82, 2.24) is 25.3 Å². The summed E-state index contributed by atoms with van der Waals surface area (Å²) < 4.78 is 0. The minimum atomic E-state index is -0.239. The van der Waals surface area contributed by atoms with Gasteiger partial charge in [0.2, 0.25) is 5.95 Å². The molecule has 24 heavy (non-hydrogen) atoms. The highest BCUT2D eigenvalue weighted by Crippen LogP contribution is 2.16. The van der Waals surface area contributed by atoms with Crippen molar-refractivity contribution in [2.75, 3.05) is 18.0 Å². The van der Waals surface area contributed by atoms with E-state index in [-0.39, 0.29) is 17.5 Å². The molecule has 8 heteroatoms. The Bertz CT molecular complexity index is 789. The molecule has 3 heterocycles. The number of aromatic nitrogens is 4. The maximum absolute atomic E-state index is 12.2. The summed E-state index contributed by atoms with van der Waals surface area (Å²) in [6.45, 7) is 4.97. The van der Waals surface area contributed by atoms with Crippen molar-refractivity contribution in [2.45, 2.75) is 32.7 Å². The minimum Gasteiger partial charge on any atom is -0.346 e. The monoisotopic (exact) mass is 328 g/mol. The SMILES string of the molecule is Cc1nc(N2CCCC(NC(=O)c3cnccn3)C2)[nH]c(=O)c1C. The van der Waals surface area contributed by atoms with Crippen molar-refractivity contribution in [3.05, 3.63) is 45.9 Å². The Morgan fingerprint density at radius 3 is 2.92 bits per heavy atom. The van der Waals surface area contributed by atoms with E-state index < -0.39 is 0 Å². The van der Waals surface area contributed by atoms with Crippen molar-refractivity contribution >= 4 is 11.9 Å². The lowest BCUT2D eigenvalue weighted by molar-refractivity contribution is 0.0927. The summed E-state index contributed by atoms with van der Waals surface area (Å²) in [5, 5.41) is 2.97. The van der Waals surface area contributed by atoms with E-state index in [0.29, 0.717) is 23.8 Å². The van der Waals surface area contributed by atoms with Crippen molar-refractivity contribution in [2.24, 2.45) is 0 Å². The molecule has 0 spiro atoms. The molecule has 8 nitrogen and oxygen atoms in total. The number of H-pyrrole nitrogens is 1. The highest BCUT2D eigenvalue weighted by molar-refractivity contribution is 5.92. The molecule has 0 saturated carbocycles. The molecule has 1 amide bonds. The Labute approximate surface area is 139 Å². The van der Waals surface area contributed by atoms with Gasteiger partial charge in [0.05, 0.1) is 6.20 Å². The molecule has 0 aromatic carbocycles. The van der Waals surface area contributed by atoms with Crippen molar-refractivity contribution in [3.63, 3.8) is 0 Å². The van der Waals surface area contributed by atoms with Crippen molar-refractivity contribution < 1.29 is 4.79 Å². The second-order valence-corrected chi connectivity index (χ2v) is 5.95. The number of carbonyl (C=O) groups excluding carboxylic acids is 1. The number of nitrogens with one attached hydrogen (secondary N) is 2. The van der Waals surface area contributed by atoms with Gasteiger partial charge in [-0.3, -0.25) is 19.6 Å². The van der Waals surface area contributed by atoms with Gasteiger partial charge >= 0.3 is 0 Å². The summed E-state index contributed by atoms with van der Waals surface area (Å²) in [7, 11) is 0. The molecular formula is C16H20N6O2. The zero-order valence-electron chi connectivity index (χ0n) is 13.7. The van der Waals surface area contributed by atoms with E-state index in [2.05, 4.69) is 25.3 Å². The highest BCUT2D eigenvalue weighted by atomic mass is 16.2. The fourth-order valence-corrected chi connectivity index (χ4v) is 2.74. The lowest BCUT2D eigenvalue weighted by Crippen LogP contribution is -2.48. The molecule has 1 atom stereocenters. The van der Waals surface area contributed by atoms with Crippen LogP contribution in [-0.2, 0) is 0 Å². The van der Waals surface area contributed by atoms with E-state index in [9.17, 15) is 9.59 Å². The number of carbonyl (C=O) groups is 1. The Morgan fingerprint density at radius 1 is 1.38 bits per heavy atom. The van der Waals surface area contributed by atoms with Crippen LogP contribution in [0.25, 0.3) is 0 Å². The number of anilines is 1. The zero-order valence-corrected chi connectivity index (χ0v) is 13.7. The first-order chi connectivity index (χ1) is 11.5. The normalized spacial score (nSPS) is 17.6. The molecule has 0 aliphatic carbocycles. The van der Waals surface area contributed by atoms with Crippen LogP contribution in [-0.4, -0.2) is 45.0 Å². The molecule has 0 radical (unpaired) electrons. The van der Waals surface area contributed by atoms with Gasteiger partial charge in [-0.2, -0.15) is 0 Å². The Kier molecular flexibility index (Phi) is 4.54. The number of nitrogens with zero attached hydrogens (tertiary/aromatic N) is 4. The highest BCUT2D eigenvalue weighted by Gasteiger charge is 2.24. The van der Waals surface area contributed by atoms with E-state index in [1.165, 1.54) is 18.6 Å². The van der Waals surface area contributed by atoms with Crippen molar-refractivity contribution in [1.29, 1.82) is 0 Å². The number of piperidine rings is 1. The topological polar surface area (TPSA) is 104 Å². The predicted octanol–water partition coefficient (Wildman–Crippen LogP) is 0.576. The van der Waals surface area contributed by atoms with Crippen LogP contribution < -0.4 is 15.8 Å². The second-order valence-electron chi connectivity index (χ2n) is 5.95. The molecule has 1 fully saturated rings. The van der Waals surface area contributed by atoms with Crippen LogP contribution in [0, 0.1) is 13.8 Å². The van der Waals surface area contributed by atoms with E-state index in [1.807, 2.05) is 11.8 Å². The summed E-state index contributed by atoms with van der Waals surface area (Å²) >= 11 is 0. The van der Waals surface area contributed by atoms with Crippen LogP contribution in [0.5, 0.6) is 0 Å². The van der Waals surface area contributed by atoms with Gasteiger partial charge in [-0.25, -0.2) is 9.97 Å². The molecule has 2 N–H and O–H groups in total. The second kappa shape index (κ2) is 6.77. The smallest absolute Gasteiger partial charge is 0.271 e. The van der Waals surface area contributed by atoms with E-state index in [1.54, 1.807) is 6.92 Å². The largest absolute Gasteiger partial charge is 0.346 e. The first-order valence-corrected chi connectivity index (χ1v) is 7.94. The van der Waals surface area contributed by atoms with Crippen LogP contribution in [0.3, 0.4) is 0 Å². The molecule has 126 valence electrons. The van der Waals surface area contributed by atoms with E-state index in [0.717, 1.165) is 25.1 Å². The zero-order chi connectivity index (χ0) is 17.1. The third-order valence-corrected chi connectivity index (χ3v) is 4.23. The minimum absolute atomic E-state index is 0.0276. The maximum Gasteiger partial charge on any atom is 0.271 e. The Balaban J connectivity index is 1.71. The van der Waals surface area contributed by atoms with Gasteiger partial charge in [-0.05, 0) is 26.7 Å². The summed E-state index contributed by atoms with van der Waals surface area (Å²) in [5.74, 6) is 0.318. The van der Waals surface area contributed by atoms with Crippen LogP contribution >= 0.6 is 0 Å². The number of rotatable bonds is 3. The third-order valence-electron chi connectivity index (χ3n) is 4.23. The van der Waals surface area contributed by atoms with Gasteiger partial charge in [-0.15, -0.1) is 0 Å². The molecule has 2 aromatic heterocycles. The fraction of sp³-hybridized carbons (Fsp3) is 0.438. The molecule has 1 unspecified atom stereocenters. The first kappa shape index (κ1) is 16.1.